The second kappa shape index (κ2) is 8.28. The quantitative estimate of drug-likeness (QED) is 0.771. The molecule has 1 fully saturated rings. The molecule has 0 aromatic heterocycles. The molecule has 104 valence electrons. The van der Waals surface area contributed by atoms with Gasteiger partial charge in [-0.3, -0.25) is 0 Å². The predicted octanol–water partition coefficient (Wildman–Crippen LogP) is 3.48. The van der Waals surface area contributed by atoms with E-state index in [4.69, 9.17) is 4.74 Å². The van der Waals surface area contributed by atoms with Gasteiger partial charge in [0.05, 0.1) is 0 Å². The molecule has 1 N–H and O–H groups in total. The summed E-state index contributed by atoms with van der Waals surface area (Å²) in [5.41, 5.74) is 1.32. The van der Waals surface area contributed by atoms with Gasteiger partial charge >= 0.3 is 0 Å². The Morgan fingerprint density at radius 3 is 2.68 bits per heavy atom. The molecule has 2 nitrogen and oxygen atoms in total. The summed E-state index contributed by atoms with van der Waals surface area (Å²) in [5.74, 6) is 4.45. The fourth-order valence-electron chi connectivity index (χ4n) is 2.23. The standard InChI is InChI=1S/C16H23NOS/c1-2-9-18-16-5-3-14(4-6-16)12-17-13-15-7-10-19-11-8-15/h2-6,15,17H,1,7-13H2. The normalized spacial score (nSPS) is 16.2. The third-order valence-electron chi connectivity index (χ3n) is 3.39. The van der Waals surface area contributed by atoms with E-state index < -0.39 is 0 Å². The van der Waals surface area contributed by atoms with Crippen LogP contribution in [0.25, 0.3) is 0 Å². The van der Waals surface area contributed by atoms with Crippen LogP contribution in [-0.2, 0) is 6.54 Å². The minimum Gasteiger partial charge on any atom is -0.490 e. The number of rotatable bonds is 7. The summed E-state index contributed by atoms with van der Waals surface area (Å²) < 4.78 is 5.47. The van der Waals surface area contributed by atoms with Gasteiger partial charge in [-0.2, -0.15) is 11.8 Å². The third kappa shape index (κ3) is 5.29. The van der Waals surface area contributed by atoms with Crippen LogP contribution in [0.5, 0.6) is 5.75 Å². The topological polar surface area (TPSA) is 21.3 Å². The van der Waals surface area contributed by atoms with Gasteiger partial charge in [-0.15, -0.1) is 0 Å². The van der Waals surface area contributed by atoms with E-state index in [1.165, 1.54) is 29.9 Å². The largest absolute Gasteiger partial charge is 0.490 e. The van der Waals surface area contributed by atoms with Crippen molar-refractivity contribution >= 4 is 11.8 Å². The van der Waals surface area contributed by atoms with Crippen LogP contribution in [0.15, 0.2) is 36.9 Å². The van der Waals surface area contributed by atoms with Crippen molar-refractivity contribution in [2.75, 3.05) is 24.7 Å². The Balaban J connectivity index is 1.68. The fraction of sp³-hybridized carbons (Fsp3) is 0.500. The Morgan fingerprint density at radius 1 is 1.26 bits per heavy atom. The van der Waals surface area contributed by atoms with Gasteiger partial charge in [0.2, 0.25) is 0 Å². The van der Waals surface area contributed by atoms with Gasteiger partial charge in [0.1, 0.15) is 12.4 Å². The number of thioether (sulfide) groups is 1. The van der Waals surface area contributed by atoms with E-state index in [0.717, 1.165) is 24.8 Å². The van der Waals surface area contributed by atoms with Crippen molar-refractivity contribution in [3.63, 3.8) is 0 Å². The number of ether oxygens (including phenoxy) is 1. The average Bonchev–Trinajstić information content (AvgIpc) is 2.47. The molecule has 0 radical (unpaired) electrons. The molecular weight excluding hydrogens is 254 g/mol. The lowest BCUT2D eigenvalue weighted by molar-refractivity contribution is 0.363. The van der Waals surface area contributed by atoms with Crippen LogP contribution in [0.2, 0.25) is 0 Å². The average molecular weight is 277 g/mol. The molecule has 1 aromatic rings. The van der Waals surface area contributed by atoms with Crippen molar-refractivity contribution < 1.29 is 4.74 Å². The molecule has 0 spiro atoms. The Labute approximate surface area is 120 Å². The van der Waals surface area contributed by atoms with Gasteiger partial charge < -0.3 is 10.1 Å². The molecular formula is C16H23NOS. The lowest BCUT2D eigenvalue weighted by Crippen LogP contribution is -2.25. The third-order valence-corrected chi connectivity index (χ3v) is 4.44. The van der Waals surface area contributed by atoms with E-state index >= 15 is 0 Å². The molecule has 0 saturated carbocycles. The summed E-state index contributed by atoms with van der Waals surface area (Å²) in [7, 11) is 0. The number of hydrogen-bond acceptors (Lipinski definition) is 3. The highest BCUT2D eigenvalue weighted by Gasteiger charge is 2.12. The maximum Gasteiger partial charge on any atom is 0.119 e. The molecule has 1 heterocycles. The van der Waals surface area contributed by atoms with E-state index in [2.05, 4.69) is 35.8 Å². The van der Waals surface area contributed by atoms with Gasteiger partial charge in [0.15, 0.2) is 0 Å². The zero-order valence-electron chi connectivity index (χ0n) is 11.4. The first-order valence-corrected chi connectivity index (χ1v) is 8.15. The summed E-state index contributed by atoms with van der Waals surface area (Å²) in [5, 5.41) is 3.57. The van der Waals surface area contributed by atoms with E-state index in [1.54, 1.807) is 6.08 Å². The molecule has 0 aliphatic carbocycles. The molecule has 19 heavy (non-hydrogen) atoms. The molecule has 1 saturated heterocycles. The number of hydrogen-bond donors (Lipinski definition) is 1. The minimum absolute atomic E-state index is 0.567. The molecule has 1 aliphatic rings. The lowest BCUT2D eigenvalue weighted by atomic mass is 10.0. The van der Waals surface area contributed by atoms with Gasteiger partial charge in [0.25, 0.3) is 0 Å². The molecule has 3 heteroatoms. The summed E-state index contributed by atoms with van der Waals surface area (Å²) in [6.07, 6.45) is 4.50. The predicted molar refractivity (Wildman–Crippen MR) is 83.9 cm³/mol. The zero-order valence-corrected chi connectivity index (χ0v) is 12.3. The summed E-state index contributed by atoms with van der Waals surface area (Å²) in [4.78, 5) is 0. The second-order valence-corrected chi connectivity index (χ2v) is 6.16. The van der Waals surface area contributed by atoms with Crippen molar-refractivity contribution in [2.24, 2.45) is 5.92 Å². The maximum atomic E-state index is 5.47. The van der Waals surface area contributed by atoms with Gasteiger partial charge in [-0.1, -0.05) is 24.8 Å². The minimum atomic E-state index is 0.567. The smallest absolute Gasteiger partial charge is 0.119 e. The van der Waals surface area contributed by atoms with E-state index in [9.17, 15) is 0 Å². The van der Waals surface area contributed by atoms with Gasteiger partial charge in [0, 0.05) is 6.54 Å². The van der Waals surface area contributed by atoms with E-state index in [0.29, 0.717) is 6.61 Å². The monoisotopic (exact) mass is 277 g/mol. The van der Waals surface area contributed by atoms with Gasteiger partial charge in [-0.05, 0) is 54.5 Å². The fourth-order valence-corrected chi connectivity index (χ4v) is 3.43. The van der Waals surface area contributed by atoms with Crippen LogP contribution in [0.1, 0.15) is 18.4 Å². The van der Waals surface area contributed by atoms with Crippen molar-refractivity contribution in [3.05, 3.63) is 42.5 Å². The first kappa shape index (κ1) is 14.5. The van der Waals surface area contributed by atoms with Crippen LogP contribution >= 0.6 is 11.8 Å². The van der Waals surface area contributed by atoms with Crippen LogP contribution in [0.4, 0.5) is 0 Å². The van der Waals surface area contributed by atoms with Gasteiger partial charge in [-0.25, -0.2) is 0 Å². The van der Waals surface area contributed by atoms with Crippen molar-refractivity contribution in [1.82, 2.24) is 5.32 Å². The molecule has 1 aliphatic heterocycles. The summed E-state index contributed by atoms with van der Waals surface area (Å²) in [6.45, 7) is 6.31. The zero-order chi connectivity index (χ0) is 13.3. The highest BCUT2D eigenvalue weighted by molar-refractivity contribution is 7.99. The first-order valence-electron chi connectivity index (χ1n) is 6.99. The van der Waals surface area contributed by atoms with Crippen LogP contribution in [0.3, 0.4) is 0 Å². The Hall–Kier alpha value is -0.930. The van der Waals surface area contributed by atoms with Crippen molar-refractivity contribution in [1.29, 1.82) is 0 Å². The van der Waals surface area contributed by atoms with Crippen molar-refractivity contribution in [2.45, 2.75) is 19.4 Å². The summed E-state index contributed by atoms with van der Waals surface area (Å²) in [6, 6.07) is 8.31. The molecule has 0 atom stereocenters. The maximum absolute atomic E-state index is 5.47. The van der Waals surface area contributed by atoms with E-state index in [-0.39, 0.29) is 0 Å². The Morgan fingerprint density at radius 2 is 2.00 bits per heavy atom. The molecule has 0 amide bonds. The molecule has 0 unspecified atom stereocenters. The number of nitrogens with one attached hydrogen (secondary N) is 1. The van der Waals surface area contributed by atoms with Crippen LogP contribution in [0, 0.1) is 5.92 Å². The van der Waals surface area contributed by atoms with Crippen LogP contribution in [-0.4, -0.2) is 24.7 Å². The number of benzene rings is 1. The Bertz CT molecular complexity index is 371. The van der Waals surface area contributed by atoms with E-state index in [1.807, 2.05) is 12.1 Å². The Kier molecular flexibility index (Phi) is 6.31. The molecule has 2 rings (SSSR count). The van der Waals surface area contributed by atoms with Crippen molar-refractivity contribution in [3.8, 4) is 5.75 Å². The summed E-state index contributed by atoms with van der Waals surface area (Å²) >= 11 is 2.09. The highest BCUT2D eigenvalue weighted by atomic mass is 32.2. The molecule has 0 bridgehead atoms. The highest BCUT2D eigenvalue weighted by Crippen LogP contribution is 2.22. The van der Waals surface area contributed by atoms with Crippen LogP contribution < -0.4 is 10.1 Å². The SMILES string of the molecule is C=CCOc1ccc(CNCC2CCSCC2)cc1. The lowest BCUT2D eigenvalue weighted by Gasteiger charge is -2.21. The second-order valence-electron chi connectivity index (χ2n) is 4.93. The molecule has 1 aromatic carbocycles. The first-order chi connectivity index (χ1) is 9.38.